The molecular formula is C19H24N6. The number of hydrogen-bond acceptors (Lipinski definition) is 4. The average molecular weight is 336 g/mol. The molecule has 4 heterocycles. The lowest BCUT2D eigenvalue weighted by molar-refractivity contribution is 0.204. The molecule has 0 amide bonds. The Kier molecular flexibility index (Phi) is 3.60. The monoisotopic (exact) mass is 336 g/mol. The van der Waals surface area contributed by atoms with Crippen molar-refractivity contribution in [2.24, 2.45) is 5.92 Å². The zero-order valence-electron chi connectivity index (χ0n) is 14.6. The van der Waals surface area contributed by atoms with E-state index in [9.17, 15) is 0 Å². The Hall–Kier alpha value is -2.18. The van der Waals surface area contributed by atoms with Gasteiger partial charge in [-0.25, -0.2) is 4.98 Å². The number of hydrogen-bond donors (Lipinski definition) is 2. The van der Waals surface area contributed by atoms with Gasteiger partial charge in [0.05, 0.1) is 23.1 Å². The number of imidazole rings is 1. The normalized spacial score (nSPS) is 18.9. The van der Waals surface area contributed by atoms with Gasteiger partial charge in [0.1, 0.15) is 5.82 Å². The van der Waals surface area contributed by atoms with Crippen molar-refractivity contribution in [3.63, 3.8) is 0 Å². The Morgan fingerprint density at radius 1 is 1.20 bits per heavy atom. The van der Waals surface area contributed by atoms with E-state index < -0.39 is 0 Å². The molecule has 2 aliphatic heterocycles. The molecule has 1 fully saturated rings. The molecule has 0 aliphatic carbocycles. The Morgan fingerprint density at radius 2 is 2.08 bits per heavy atom. The molecule has 2 N–H and O–H groups in total. The van der Waals surface area contributed by atoms with Gasteiger partial charge in [-0.3, -0.25) is 5.10 Å². The molecule has 5 rings (SSSR count). The van der Waals surface area contributed by atoms with Crippen LogP contribution in [-0.4, -0.2) is 44.8 Å². The Labute approximate surface area is 147 Å². The zero-order chi connectivity index (χ0) is 16.8. The molecule has 2 aromatic heterocycles. The van der Waals surface area contributed by atoms with E-state index in [2.05, 4.69) is 50.2 Å². The highest BCUT2D eigenvalue weighted by molar-refractivity contribution is 5.82. The largest absolute Gasteiger partial charge is 0.326 e. The first-order valence-corrected chi connectivity index (χ1v) is 9.19. The van der Waals surface area contributed by atoms with Gasteiger partial charge in [-0.1, -0.05) is 0 Å². The summed E-state index contributed by atoms with van der Waals surface area (Å²) >= 11 is 0. The van der Waals surface area contributed by atoms with Gasteiger partial charge in [0.25, 0.3) is 0 Å². The number of piperidine rings is 1. The van der Waals surface area contributed by atoms with E-state index in [1.54, 1.807) is 0 Å². The van der Waals surface area contributed by atoms with Crippen molar-refractivity contribution < 1.29 is 0 Å². The first kappa shape index (κ1) is 15.1. The zero-order valence-corrected chi connectivity index (χ0v) is 14.6. The molecule has 1 aromatic carbocycles. The minimum Gasteiger partial charge on any atom is -0.326 e. The maximum atomic E-state index is 4.99. The number of aromatic nitrogens is 4. The molecule has 0 spiro atoms. The highest BCUT2D eigenvalue weighted by atomic mass is 15.2. The number of nitrogens with one attached hydrogen (secondary N) is 2. The van der Waals surface area contributed by atoms with Crippen molar-refractivity contribution in [2.45, 2.75) is 32.5 Å². The number of likely N-dealkylation sites (tertiary alicyclic amines) is 1. The third-order valence-corrected chi connectivity index (χ3v) is 5.72. The number of benzene rings is 1. The minimum atomic E-state index is 0.742. The maximum absolute atomic E-state index is 4.99. The van der Waals surface area contributed by atoms with E-state index in [0.717, 1.165) is 42.3 Å². The van der Waals surface area contributed by atoms with Crippen molar-refractivity contribution in [3.8, 4) is 11.4 Å². The van der Waals surface area contributed by atoms with Crippen molar-refractivity contribution in [1.82, 2.24) is 30.0 Å². The number of nitrogens with zero attached hydrogens (tertiary/aromatic N) is 4. The fraction of sp³-hybridized carbons (Fsp3) is 0.474. The second-order valence-corrected chi connectivity index (χ2v) is 7.46. The van der Waals surface area contributed by atoms with Gasteiger partial charge in [0.15, 0.2) is 0 Å². The summed E-state index contributed by atoms with van der Waals surface area (Å²) in [6.07, 6.45) is 4.44. The number of aromatic amines is 1. The quantitative estimate of drug-likeness (QED) is 0.771. The molecule has 0 radical (unpaired) electrons. The van der Waals surface area contributed by atoms with E-state index >= 15 is 0 Å². The molecule has 25 heavy (non-hydrogen) atoms. The van der Waals surface area contributed by atoms with Crippen LogP contribution >= 0.6 is 0 Å². The summed E-state index contributed by atoms with van der Waals surface area (Å²) in [6.45, 7) is 5.31. The smallest absolute Gasteiger partial charge is 0.140 e. The van der Waals surface area contributed by atoms with Crippen molar-refractivity contribution in [3.05, 3.63) is 35.8 Å². The predicted octanol–water partition coefficient (Wildman–Crippen LogP) is 2.37. The Morgan fingerprint density at radius 3 is 2.96 bits per heavy atom. The number of rotatable bonds is 3. The lowest BCUT2D eigenvalue weighted by Gasteiger charge is -2.30. The summed E-state index contributed by atoms with van der Waals surface area (Å²) in [6, 6.07) is 6.47. The van der Waals surface area contributed by atoms with E-state index in [4.69, 9.17) is 4.98 Å². The molecular weight excluding hydrogens is 312 g/mol. The third-order valence-electron chi connectivity index (χ3n) is 5.72. The first-order valence-electron chi connectivity index (χ1n) is 9.19. The SMILES string of the molecule is CN1CCC(Cn2c(-c3ccc4[nH]ncc4c3)nc3c2CNC3)CC1. The van der Waals surface area contributed by atoms with Crippen LogP contribution in [0.15, 0.2) is 24.4 Å². The van der Waals surface area contributed by atoms with Crippen LogP contribution in [0.1, 0.15) is 24.2 Å². The summed E-state index contributed by atoms with van der Waals surface area (Å²) in [5, 5.41) is 11.8. The molecule has 6 nitrogen and oxygen atoms in total. The van der Waals surface area contributed by atoms with Crippen molar-refractivity contribution in [2.75, 3.05) is 20.1 Å². The lowest BCUT2D eigenvalue weighted by Crippen LogP contribution is -2.32. The van der Waals surface area contributed by atoms with Gasteiger partial charge in [-0.2, -0.15) is 5.10 Å². The summed E-state index contributed by atoms with van der Waals surface area (Å²) in [5.41, 5.74) is 4.86. The molecule has 3 aromatic rings. The molecule has 0 bridgehead atoms. The topological polar surface area (TPSA) is 61.8 Å². The number of fused-ring (bicyclic) bond motifs is 2. The van der Waals surface area contributed by atoms with Crippen LogP contribution in [0.3, 0.4) is 0 Å². The first-order chi connectivity index (χ1) is 12.3. The molecule has 2 aliphatic rings. The highest BCUT2D eigenvalue weighted by Gasteiger charge is 2.25. The molecule has 0 saturated carbocycles. The summed E-state index contributed by atoms with van der Waals surface area (Å²) in [5.74, 6) is 1.86. The summed E-state index contributed by atoms with van der Waals surface area (Å²) in [7, 11) is 2.22. The second kappa shape index (κ2) is 5.97. The number of H-pyrrole nitrogens is 1. The third kappa shape index (κ3) is 2.65. The standard InChI is InChI=1S/C19H24N6/c1-24-6-4-13(5-7-24)12-25-18-11-20-10-17(18)22-19(25)14-2-3-16-15(8-14)9-21-23-16/h2-3,8-9,13,20H,4-7,10-12H2,1H3,(H,21,23). The molecule has 1 saturated heterocycles. The van der Waals surface area contributed by atoms with E-state index in [0.29, 0.717) is 0 Å². The van der Waals surface area contributed by atoms with Gasteiger partial charge in [-0.05, 0) is 57.1 Å². The highest BCUT2D eigenvalue weighted by Crippen LogP contribution is 2.30. The van der Waals surface area contributed by atoms with Crippen LogP contribution in [0.5, 0.6) is 0 Å². The average Bonchev–Trinajstić information content (AvgIpc) is 3.33. The van der Waals surface area contributed by atoms with Gasteiger partial charge in [-0.15, -0.1) is 0 Å². The van der Waals surface area contributed by atoms with Gasteiger partial charge < -0.3 is 14.8 Å². The lowest BCUT2D eigenvalue weighted by atomic mass is 9.97. The fourth-order valence-corrected chi connectivity index (χ4v) is 4.18. The van der Waals surface area contributed by atoms with E-state index in [1.165, 1.54) is 42.9 Å². The van der Waals surface area contributed by atoms with Crippen LogP contribution in [-0.2, 0) is 19.6 Å². The Bertz CT molecular complexity index is 900. The van der Waals surface area contributed by atoms with E-state index in [1.807, 2.05) is 6.20 Å². The molecule has 6 heteroatoms. The van der Waals surface area contributed by atoms with Gasteiger partial charge >= 0.3 is 0 Å². The van der Waals surface area contributed by atoms with Crippen LogP contribution in [0.25, 0.3) is 22.3 Å². The minimum absolute atomic E-state index is 0.742. The predicted molar refractivity (Wildman–Crippen MR) is 98.1 cm³/mol. The Balaban J connectivity index is 1.53. The summed E-state index contributed by atoms with van der Waals surface area (Å²) in [4.78, 5) is 7.43. The fourth-order valence-electron chi connectivity index (χ4n) is 4.18. The van der Waals surface area contributed by atoms with Crippen LogP contribution in [0, 0.1) is 5.92 Å². The van der Waals surface area contributed by atoms with Crippen molar-refractivity contribution in [1.29, 1.82) is 0 Å². The summed E-state index contributed by atoms with van der Waals surface area (Å²) < 4.78 is 2.48. The van der Waals surface area contributed by atoms with Gasteiger partial charge in [0.2, 0.25) is 0 Å². The maximum Gasteiger partial charge on any atom is 0.140 e. The second-order valence-electron chi connectivity index (χ2n) is 7.46. The van der Waals surface area contributed by atoms with E-state index in [-0.39, 0.29) is 0 Å². The molecule has 0 unspecified atom stereocenters. The van der Waals surface area contributed by atoms with Crippen LogP contribution < -0.4 is 5.32 Å². The van der Waals surface area contributed by atoms with Gasteiger partial charge in [0, 0.05) is 30.6 Å². The van der Waals surface area contributed by atoms with Crippen LogP contribution in [0.4, 0.5) is 0 Å². The van der Waals surface area contributed by atoms with Crippen LogP contribution in [0.2, 0.25) is 0 Å². The molecule has 130 valence electrons. The molecule has 0 atom stereocenters. The van der Waals surface area contributed by atoms with Crippen molar-refractivity contribution >= 4 is 10.9 Å².